The number of carbonyl (C=O) groups excluding carboxylic acids is 1. The minimum Gasteiger partial charge on any atom is -0.425 e. The van der Waals surface area contributed by atoms with Crippen molar-refractivity contribution in [2.24, 2.45) is 0 Å². The van der Waals surface area contributed by atoms with Crippen molar-refractivity contribution in [3.63, 3.8) is 0 Å². The maximum Gasteiger partial charge on any atom is 0.311 e. The van der Waals surface area contributed by atoms with E-state index in [1.807, 2.05) is 40.7 Å². The Balaban J connectivity index is 2.74. The molecule has 4 heteroatoms. The van der Waals surface area contributed by atoms with Crippen molar-refractivity contribution in [1.82, 2.24) is 4.98 Å². The molecular formula is C19H24FNO2. The van der Waals surface area contributed by atoms with Crippen LogP contribution in [0.15, 0.2) is 12.1 Å². The highest BCUT2D eigenvalue weighted by molar-refractivity contribution is 5.90. The lowest BCUT2D eigenvalue weighted by molar-refractivity contribution is -0.134. The second-order valence-corrected chi connectivity index (χ2v) is 6.98. The van der Waals surface area contributed by atoms with Gasteiger partial charge in [0.25, 0.3) is 0 Å². The van der Waals surface area contributed by atoms with E-state index in [4.69, 9.17) is 4.74 Å². The molecule has 1 heterocycles. The second kappa shape index (κ2) is 6.26. The molecule has 0 unspecified atom stereocenters. The van der Waals surface area contributed by atoms with Crippen LogP contribution in [-0.2, 0) is 10.2 Å². The number of aryl methyl sites for hydroxylation is 1. The van der Waals surface area contributed by atoms with Crippen molar-refractivity contribution < 1.29 is 13.9 Å². The molecule has 2 aromatic rings. The molecule has 0 radical (unpaired) electrons. The third-order valence-electron chi connectivity index (χ3n) is 4.01. The summed E-state index contributed by atoms with van der Waals surface area (Å²) in [5.74, 6) is -0.261. The standard InChI is InChI=1S/C19H24FNO2/c1-7-8-16(22)23-18-11(2)12(3)21-17-14(18)9-13(10-15(17)20)19(4,5)6/h9-10H,7-8H2,1-6H3. The smallest absolute Gasteiger partial charge is 0.311 e. The Hall–Kier alpha value is -1.97. The summed E-state index contributed by atoms with van der Waals surface area (Å²) in [4.78, 5) is 16.3. The number of esters is 1. The lowest BCUT2D eigenvalue weighted by atomic mass is 9.86. The number of rotatable bonds is 3. The fourth-order valence-electron chi connectivity index (χ4n) is 2.44. The fourth-order valence-corrected chi connectivity index (χ4v) is 2.44. The van der Waals surface area contributed by atoms with Gasteiger partial charge in [0.15, 0.2) is 0 Å². The Morgan fingerprint density at radius 3 is 2.48 bits per heavy atom. The Bertz CT molecular complexity index is 760. The molecule has 0 aliphatic carbocycles. The van der Waals surface area contributed by atoms with E-state index in [2.05, 4.69) is 4.98 Å². The van der Waals surface area contributed by atoms with Crippen molar-refractivity contribution in [3.05, 3.63) is 34.8 Å². The number of carbonyl (C=O) groups is 1. The van der Waals surface area contributed by atoms with Gasteiger partial charge in [-0.2, -0.15) is 0 Å². The van der Waals surface area contributed by atoms with Crippen LogP contribution in [0.5, 0.6) is 5.75 Å². The molecule has 23 heavy (non-hydrogen) atoms. The van der Waals surface area contributed by atoms with Gasteiger partial charge >= 0.3 is 5.97 Å². The summed E-state index contributed by atoms with van der Waals surface area (Å²) in [5.41, 5.74) is 2.32. The maximum absolute atomic E-state index is 14.6. The van der Waals surface area contributed by atoms with Crippen LogP contribution in [0.25, 0.3) is 10.9 Å². The first-order chi connectivity index (χ1) is 10.6. The van der Waals surface area contributed by atoms with Crippen molar-refractivity contribution in [1.29, 1.82) is 0 Å². The fraction of sp³-hybridized carbons (Fsp3) is 0.474. The van der Waals surface area contributed by atoms with Crippen LogP contribution in [0.4, 0.5) is 4.39 Å². The molecule has 0 bridgehead atoms. The largest absolute Gasteiger partial charge is 0.425 e. The molecule has 0 amide bonds. The summed E-state index contributed by atoms with van der Waals surface area (Å²) in [5, 5.41) is 0.558. The van der Waals surface area contributed by atoms with Crippen LogP contribution in [0, 0.1) is 19.7 Å². The summed E-state index contributed by atoms with van der Waals surface area (Å²) >= 11 is 0. The van der Waals surface area contributed by atoms with Gasteiger partial charge in [0.05, 0.1) is 0 Å². The van der Waals surface area contributed by atoms with Crippen LogP contribution in [0.3, 0.4) is 0 Å². The topological polar surface area (TPSA) is 39.2 Å². The summed E-state index contributed by atoms with van der Waals surface area (Å²) in [6.07, 6.45) is 1.05. The molecule has 124 valence electrons. The van der Waals surface area contributed by atoms with Gasteiger partial charge in [-0.15, -0.1) is 0 Å². The quantitative estimate of drug-likeness (QED) is 0.748. The molecule has 0 aliphatic rings. The number of ether oxygens (including phenoxy) is 1. The Morgan fingerprint density at radius 1 is 1.26 bits per heavy atom. The molecule has 0 fully saturated rings. The summed E-state index contributed by atoms with van der Waals surface area (Å²) in [7, 11) is 0. The highest BCUT2D eigenvalue weighted by Gasteiger charge is 2.21. The number of hydrogen-bond acceptors (Lipinski definition) is 3. The van der Waals surface area contributed by atoms with Gasteiger partial charge in [-0.3, -0.25) is 4.79 Å². The van der Waals surface area contributed by atoms with Crippen molar-refractivity contribution >= 4 is 16.9 Å². The minimum atomic E-state index is -0.386. The zero-order valence-corrected chi connectivity index (χ0v) is 14.7. The van der Waals surface area contributed by atoms with Gasteiger partial charge in [0.2, 0.25) is 0 Å². The molecule has 0 N–H and O–H groups in total. The molecule has 0 saturated carbocycles. The van der Waals surface area contributed by atoms with E-state index in [1.54, 1.807) is 6.92 Å². The number of pyridine rings is 1. The van der Waals surface area contributed by atoms with Crippen molar-refractivity contribution in [2.45, 2.75) is 59.8 Å². The van der Waals surface area contributed by atoms with Gasteiger partial charge in [-0.1, -0.05) is 27.7 Å². The van der Waals surface area contributed by atoms with Gasteiger partial charge < -0.3 is 4.74 Å². The first-order valence-corrected chi connectivity index (χ1v) is 7.96. The van der Waals surface area contributed by atoms with Crippen LogP contribution >= 0.6 is 0 Å². The van der Waals surface area contributed by atoms with Crippen LogP contribution < -0.4 is 4.74 Å². The van der Waals surface area contributed by atoms with E-state index in [-0.39, 0.29) is 22.7 Å². The van der Waals surface area contributed by atoms with E-state index in [1.165, 1.54) is 6.07 Å². The average Bonchev–Trinajstić information content (AvgIpc) is 2.44. The molecule has 1 aromatic heterocycles. The first kappa shape index (κ1) is 17.4. The highest BCUT2D eigenvalue weighted by atomic mass is 19.1. The summed E-state index contributed by atoms with van der Waals surface area (Å²) in [6, 6.07) is 3.40. The van der Waals surface area contributed by atoms with E-state index in [0.29, 0.717) is 29.7 Å². The number of fused-ring (bicyclic) bond motifs is 1. The molecule has 0 saturated heterocycles. The predicted molar refractivity (Wildman–Crippen MR) is 90.4 cm³/mol. The molecule has 0 spiro atoms. The monoisotopic (exact) mass is 317 g/mol. The molecular weight excluding hydrogens is 293 g/mol. The van der Waals surface area contributed by atoms with Crippen LogP contribution in [0.2, 0.25) is 0 Å². The predicted octanol–water partition coefficient (Wildman–Crippen LogP) is 4.99. The third kappa shape index (κ3) is 3.52. The molecule has 0 aliphatic heterocycles. The average molecular weight is 317 g/mol. The molecule has 0 atom stereocenters. The summed E-state index contributed by atoms with van der Waals surface area (Å²) in [6.45, 7) is 11.6. The zero-order valence-electron chi connectivity index (χ0n) is 14.7. The van der Waals surface area contributed by atoms with Crippen molar-refractivity contribution in [2.75, 3.05) is 0 Å². The van der Waals surface area contributed by atoms with E-state index < -0.39 is 0 Å². The zero-order chi connectivity index (χ0) is 17.4. The summed E-state index contributed by atoms with van der Waals surface area (Å²) < 4.78 is 20.1. The molecule has 3 nitrogen and oxygen atoms in total. The Labute approximate surface area is 136 Å². The van der Waals surface area contributed by atoms with E-state index in [0.717, 1.165) is 11.1 Å². The minimum absolute atomic E-state index is 0.210. The third-order valence-corrected chi connectivity index (χ3v) is 4.01. The SMILES string of the molecule is CCCC(=O)Oc1c(C)c(C)nc2c(F)cc(C(C)(C)C)cc12. The lowest BCUT2D eigenvalue weighted by Crippen LogP contribution is -2.13. The van der Waals surface area contributed by atoms with Gasteiger partial charge in [0, 0.05) is 23.1 Å². The van der Waals surface area contributed by atoms with Gasteiger partial charge in [-0.05, 0) is 43.4 Å². The normalized spacial score (nSPS) is 11.8. The van der Waals surface area contributed by atoms with E-state index >= 15 is 0 Å². The maximum atomic E-state index is 14.6. The molecule has 1 aromatic carbocycles. The number of nitrogens with zero attached hydrogens (tertiary/aromatic N) is 1. The van der Waals surface area contributed by atoms with Gasteiger partial charge in [0.1, 0.15) is 17.1 Å². The highest BCUT2D eigenvalue weighted by Crippen LogP contribution is 2.35. The number of benzene rings is 1. The lowest BCUT2D eigenvalue weighted by Gasteiger charge is -2.21. The molecule has 2 rings (SSSR count). The van der Waals surface area contributed by atoms with E-state index in [9.17, 15) is 9.18 Å². The van der Waals surface area contributed by atoms with Crippen LogP contribution in [0.1, 0.15) is 57.4 Å². The Morgan fingerprint density at radius 2 is 1.91 bits per heavy atom. The van der Waals surface area contributed by atoms with Crippen molar-refractivity contribution in [3.8, 4) is 5.75 Å². The number of hydrogen-bond donors (Lipinski definition) is 0. The number of halogens is 1. The van der Waals surface area contributed by atoms with Crippen LogP contribution in [-0.4, -0.2) is 11.0 Å². The second-order valence-electron chi connectivity index (χ2n) is 6.98. The first-order valence-electron chi connectivity index (χ1n) is 7.96. The Kier molecular flexibility index (Phi) is 4.73. The van der Waals surface area contributed by atoms with Gasteiger partial charge in [-0.25, -0.2) is 9.37 Å². The number of aromatic nitrogens is 1.